The van der Waals surface area contributed by atoms with Crippen LogP contribution in [0.4, 0.5) is 5.82 Å². The van der Waals surface area contributed by atoms with Gasteiger partial charge in [-0.2, -0.15) is 9.61 Å². The van der Waals surface area contributed by atoms with E-state index < -0.39 is 0 Å². The molecule has 0 aliphatic heterocycles. The zero-order valence-corrected chi connectivity index (χ0v) is 20.2. The van der Waals surface area contributed by atoms with Crippen LogP contribution in [0.5, 0.6) is 6.01 Å². The fraction of sp³-hybridized carbons (Fsp3) is 0.107. The SMILES string of the molecule is COc1ncc(-c2cccc3cc(C(C)Nc4ccnc5ccnn45)n(-c4ccccc4)c(=O)c23)cn1. The van der Waals surface area contributed by atoms with Crippen LogP contribution < -0.4 is 15.6 Å². The second-order valence-electron chi connectivity index (χ2n) is 8.57. The molecule has 0 amide bonds. The highest BCUT2D eigenvalue weighted by atomic mass is 16.5. The van der Waals surface area contributed by atoms with E-state index in [1.807, 2.05) is 67.6 Å². The van der Waals surface area contributed by atoms with Gasteiger partial charge in [-0.15, -0.1) is 0 Å². The quantitative estimate of drug-likeness (QED) is 0.363. The van der Waals surface area contributed by atoms with Crippen molar-refractivity contribution in [3.63, 3.8) is 0 Å². The van der Waals surface area contributed by atoms with Gasteiger partial charge in [0.25, 0.3) is 5.56 Å². The first-order valence-electron chi connectivity index (χ1n) is 11.8. The number of nitrogens with zero attached hydrogens (tertiary/aromatic N) is 6. The van der Waals surface area contributed by atoms with Crippen molar-refractivity contribution in [2.45, 2.75) is 13.0 Å². The number of anilines is 1. The van der Waals surface area contributed by atoms with Crippen LogP contribution in [0.2, 0.25) is 0 Å². The summed E-state index contributed by atoms with van der Waals surface area (Å²) in [5.74, 6) is 0.777. The summed E-state index contributed by atoms with van der Waals surface area (Å²) in [6.45, 7) is 2.02. The number of benzene rings is 2. The molecule has 9 heteroatoms. The molecule has 9 nitrogen and oxygen atoms in total. The molecule has 37 heavy (non-hydrogen) atoms. The number of methoxy groups -OCH3 is 1. The molecule has 1 atom stereocenters. The Bertz CT molecular complexity index is 1780. The molecule has 1 N–H and O–H groups in total. The van der Waals surface area contributed by atoms with Crippen molar-refractivity contribution in [2.24, 2.45) is 0 Å². The van der Waals surface area contributed by atoms with E-state index in [2.05, 4.69) is 31.4 Å². The topological polar surface area (TPSA) is 99.2 Å². The Balaban J connectivity index is 1.55. The molecule has 182 valence electrons. The Morgan fingerprint density at radius 2 is 1.73 bits per heavy atom. The first-order chi connectivity index (χ1) is 18.1. The van der Waals surface area contributed by atoms with Crippen molar-refractivity contribution >= 4 is 22.2 Å². The number of hydrogen-bond donors (Lipinski definition) is 1. The van der Waals surface area contributed by atoms with Gasteiger partial charge in [0.05, 0.1) is 24.7 Å². The molecule has 0 saturated heterocycles. The fourth-order valence-electron chi connectivity index (χ4n) is 4.58. The highest BCUT2D eigenvalue weighted by Gasteiger charge is 2.19. The molecule has 0 fully saturated rings. The zero-order chi connectivity index (χ0) is 25.4. The maximum absolute atomic E-state index is 14.2. The van der Waals surface area contributed by atoms with Gasteiger partial charge < -0.3 is 10.1 Å². The Hall–Kier alpha value is -5.05. The molecular weight excluding hydrogens is 466 g/mol. The summed E-state index contributed by atoms with van der Waals surface area (Å²) in [6, 6.07) is 21.2. The minimum Gasteiger partial charge on any atom is -0.467 e. The number of hydrogen-bond acceptors (Lipinski definition) is 7. The first-order valence-corrected chi connectivity index (χ1v) is 11.8. The van der Waals surface area contributed by atoms with Crippen molar-refractivity contribution in [3.05, 3.63) is 108 Å². The van der Waals surface area contributed by atoms with Crippen LogP contribution in [-0.4, -0.2) is 36.2 Å². The Kier molecular flexibility index (Phi) is 5.57. The van der Waals surface area contributed by atoms with Gasteiger partial charge in [0.15, 0.2) is 5.65 Å². The average Bonchev–Trinajstić information content (AvgIpc) is 3.43. The number of nitrogens with one attached hydrogen (secondary N) is 1. The van der Waals surface area contributed by atoms with E-state index in [1.165, 1.54) is 7.11 Å². The summed E-state index contributed by atoms with van der Waals surface area (Å²) in [7, 11) is 1.52. The zero-order valence-electron chi connectivity index (χ0n) is 20.2. The smallest absolute Gasteiger partial charge is 0.316 e. The van der Waals surface area contributed by atoms with E-state index in [0.717, 1.165) is 39.4 Å². The summed E-state index contributed by atoms with van der Waals surface area (Å²) < 4.78 is 8.60. The standard InChI is InChI=1S/C28H23N7O2/c1-18(33-25-11-13-29-24-12-14-32-35(24)25)23-15-19-7-6-10-22(20-16-30-28(37-2)31-17-20)26(19)27(36)34(23)21-8-4-3-5-9-21/h3-18,33H,1-2H3. The number of pyridine rings is 1. The van der Waals surface area contributed by atoms with Crippen LogP contribution in [0, 0.1) is 0 Å². The molecule has 0 aliphatic rings. The molecule has 0 bridgehead atoms. The van der Waals surface area contributed by atoms with E-state index >= 15 is 0 Å². The summed E-state index contributed by atoms with van der Waals surface area (Å²) in [6.07, 6.45) is 6.78. The van der Waals surface area contributed by atoms with Crippen molar-refractivity contribution in [1.82, 2.24) is 29.1 Å². The third kappa shape index (κ3) is 3.96. The monoisotopic (exact) mass is 489 g/mol. The van der Waals surface area contributed by atoms with Crippen LogP contribution in [0.3, 0.4) is 0 Å². The normalized spacial score (nSPS) is 12.1. The largest absolute Gasteiger partial charge is 0.467 e. The number of ether oxygens (including phenoxy) is 1. The van der Waals surface area contributed by atoms with Gasteiger partial charge >= 0.3 is 6.01 Å². The van der Waals surface area contributed by atoms with Gasteiger partial charge in [-0.25, -0.2) is 15.0 Å². The Morgan fingerprint density at radius 1 is 0.919 bits per heavy atom. The van der Waals surface area contributed by atoms with Crippen LogP contribution >= 0.6 is 0 Å². The van der Waals surface area contributed by atoms with Crippen LogP contribution in [-0.2, 0) is 0 Å². The van der Waals surface area contributed by atoms with Gasteiger partial charge in [-0.3, -0.25) is 9.36 Å². The highest BCUT2D eigenvalue weighted by Crippen LogP contribution is 2.30. The molecule has 4 aromatic heterocycles. The molecule has 4 heterocycles. The third-order valence-electron chi connectivity index (χ3n) is 6.31. The molecule has 6 rings (SSSR count). The highest BCUT2D eigenvalue weighted by molar-refractivity contribution is 5.96. The maximum Gasteiger partial charge on any atom is 0.316 e. The molecule has 0 radical (unpaired) electrons. The number of para-hydroxylation sites is 1. The Labute approximate surface area is 212 Å². The van der Waals surface area contributed by atoms with Crippen molar-refractivity contribution in [2.75, 3.05) is 12.4 Å². The number of aromatic nitrogens is 6. The number of fused-ring (bicyclic) bond motifs is 2. The summed E-state index contributed by atoms with van der Waals surface area (Å²) in [5.41, 5.74) is 3.69. The lowest BCUT2D eigenvalue weighted by molar-refractivity contribution is 0.380. The third-order valence-corrected chi connectivity index (χ3v) is 6.31. The molecule has 0 saturated carbocycles. The molecule has 1 unspecified atom stereocenters. The summed E-state index contributed by atoms with van der Waals surface area (Å²) >= 11 is 0. The van der Waals surface area contributed by atoms with Crippen molar-refractivity contribution in [1.29, 1.82) is 0 Å². The molecule has 2 aromatic carbocycles. The second kappa shape index (κ2) is 9.19. The minimum absolute atomic E-state index is 0.127. The van der Waals surface area contributed by atoms with Crippen LogP contribution in [0.15, 0.2) is 96.3 Å². The second-order valence-corrected chi connectivity index (χ2v) is 8.57. The summed E-state index contributed by atoms with van der Waals surface area (Å²) in [5, 5.41) is 9.31. The lowest BCUT2D eigenvalue weighted by Gasteiger charge is -2.22. The average molecular weight is 490 g/mol. The van der Waals surface area contributed by atoms with Gasteiger partial charge in [-0.05, 0) is 42.1 Å². The minimum atomic E-state index is -0.236. The molecule has 6 aromatic rings. The molecule has 0 aliphatic carbocycles. The van der Waals surface area contributed by atoms with E-state index in [9.17, 15) is 4.79 Å². The lowest BCUT2D eigenvalue weighted by Crippen LogP contribution is -2.26. The van der Waals surface area contributed by atoms with Crippen molar-refractivity contribution < 1.29 is 4.74 Å². The van der Waals surface area contributed by atoms with E-state index in [4.69, 9.17) is 4.74 Å². The van der Waals surface area contributed by atoms with E-state index in [-0.39, 0.29) is 17.6 Å². The molecular formula is C28H23N7O2. The van der Waals surface area contributed by atoms with Gasteiger partial charge in [0.1, 0.15) is 5.82 Å². The van der Waals surface area contributed by atoms with Gasteiger partial charge in [-0.1, -0.05) is 36.4 Å². The van der Waals surface area contributed by atoms with Gasteiger partial charge in [0, 0.05) is 41.6 Å². The van der Waals surface area contributed by atoms with E-state index in [1.54, 1.807) is 33.9 Å². The predicted molar refractivity (Wildman–Crippen MR) is 142 cm³/mol. The van der Waals surface area contributed by atoms with Crippen LogP contribution in [0.1, 0.15) is 18.7 Å². The van der Waals surface area contributed by atoms with Crippen LogP contribution in [0.25, 0.3) is 33.2 Å². The summed E-state index contributed by atoms with van der Waals surface area (Å²) in [4.78, 5) is 27.1. The number of rotatable bonds is 6. The Morgan fingerprint density at radius 3 is 2.51 bits per heavy atom. The van der Waals surface area contributed by atoms with Gasteiger partial charge in [0.2, 0.25) is 0 Å². The van der Waals surface area contributed by atoms with E-state index in [0.29, 0.717) is 5.39 Å². The first kappa shape index (κ1) is 22.4. The lowest BCUT2D eigenvalue weighted by atomic mass is 9.99. The predicted octanol–water partition coefficient (Wildman–Crippen LogP) is 4.67. The molecule has 0 spiro atoms. The maximum atomic E-state index is 14.2. The fourth-order valence-corrected chi connectivity index (χ4v) is 4.58. The van der Waals surface area contributed by atoms with Crippen molar-refractivity contribution in [3.8, 4) is 22.8 Å².